The smallest absolute Gasteiger partial charge is 0.267 e. The molecule has 3 N–H and O–H groups in total. The van der Waals surface area contributed by atoms with Crippen LogP contribution in [0, 0.1) is 10.1 Å². The minimum Gasteiger partial charge on any atom is -0.380 e. The molecule has 3 heterocycles. The van der Waals surface area contributed by atoms with E-state index in [4.69, 9.17) is 0 Å². The Kier molecular flexibility index (Phi) is 8.32. The van der Waals surface area contributed by atoms with Crippen molar-refractivity contribution in [1.29, 1.82) is 0 Å². The number of nitrogens with zero attached hydrogens (tertiary/aromatic N) is 4. The van der Waals surface area contributed by atoms with Crippen LogP contribution in [0.5, 0.6) is 0 Å². The van der Waals surface area contributed by atoms with Crippen molar-refractivity contribution in [2.45, 2.75) is 13.1 Å². The fraction of sp³-hybridized carbons (Fsp3) is 0.103. The van der Waals surface area contributed by atoms with Gasteiger partial charge in [-0.15, -0.1) is 11.3 Å². The normalized spacial score (nSPS) is 11.2. The maximum absolute atomic E-state index is 13.2. The minimum atomic E-state index is -0.464. The van der Waals surface area contributed by atoms with E-state index in [-0.39, 0.29) is 18.3 Å². The highest BCUT2D eigenvalue weighted by atomic mass is 32.1. The van der Waals surface area contributed by atoms with Gasteiger partial charge in [-0.25, -0.2) is 0 Å². The molecule has 11 heteroatoms. The molecule has 0 aliphatic rings. The monoisotopic (exact) mass is 551 g/mol. The molecular weight excluding hydrogens is 526 g/mol. The molecule has 2 aromatic carbocycles. The van der Waals surface area contributed by atoms with Crippen molar-refractivity contribution >= 4 is 51.0 Å². The zero-order chi connectivity index (χ0) is 27.7. The van der Waals surface area contributed by atoms with Gasteiger partial charge >= 0.3 is 0 Å². The van der Waals surface area contributed by atoms with Crippen LogP contribution in [-0.4, -0.2) is 33.2 Å². The van der Waals surface area contributed by atoms with Gasteiger partial charge in [0.15, 0.2) is 5.84 Å². The first-order chi connectivity index (χ1) is 19.5. The molecule has 3 aromatic heterocycles. The number of pyridine rings is 2. The number of amides is 1. The van der Waals surface area contributed by atoms with Gasteiger partial charge in [0.2, 0.25) is 0 Å². The van der Waals surface area contributed by atoms with E-state index in [2.05, 4.69) is 30.9 Å². The summed E-state index contributed by atoms with van der Waals surface area (Å²) in [5, 5.41) is 23.4. The number of carbonyl (C=O) groups excluding carboxylic acids is 1. The average Bonchev–Trinajstić information content (AvgIpc) is 3.44. The number of nitro groups is 1. The molecule has 0 fully saturated rings. The lowest BCUT2D eigenvalue weighted by Crippen LogP contribution is -2.22. The molecule has 0 atom stereocenters. The maximum atomic E-state index is 13.2. The molecule has 5 aromatic rings. The summed E-state index contributed by atoms with van der Waals surface area (Å²) >= 11 is 1.34. The van der Waals surface area contributed by atoms with Crippen molar-refractivity contribution in [2.75, 3.05) is 22.5 Å². The number of amidine groups is 1. The number of para-hydroxylation sites is 1. The fourth-order valence-corrected chi connectivity index (χ4v) is 4.85. The Hall–Kier alpha value is -5.16. The van der Waals surface area contributed by atoms with Crippen LogP contribution in [0.3, 0.4) is 0 Å². The summed E-state index contributed by atoms with van der Waals surface area (Å²) in [5.41, 5.74) is 4.68. The number of aliphatic imine (C=N–C) groups is 1. The molecule has 40 heavy (non-hydrogen) atoms. The van der Waals surface area contributed by atoms with Gasteiger partial charge in [0.05, 0.1) is 17.7 Å². The number of fused-ring (bicyclic) bond motifs is 1. The molecule has 0 aliphatic heterocycles. The van der Waals surface area contributed by atoms with Crippen LogP contribution in [0.15, 0.2) is 102 Å². The summed E-state index contributed by atoms with van der Waals surface area (Å²) in [6.07, 6.45) is 5.10. The SMILES string of the molecule is O=C(Nc1cccc(NC(C[N+](=O)[O-])=NCc2cccnc2)c1)c1sccc1NCc1ccnc2ccccc12. The largest absolute Gasteiger partial charge is 0.380 e. The second-order valence-corrected chi connectivity index (χ2v) is 9.70. The molecule has 0 radical (unpaired) electrons. The Morgan fingerprint density at radius 1 is 0.975 bits per heavy atom. The molecule has 5 rings (SSSR count). The van der Waals surface area contributed by atoms with Crippen molar-refractivity contribution in [3.05, 3.63) is 123 Å². The second kappa shape index (κ2) is 12.6. The summed E-state index contributed by atoms with van der Waals surface area (Å²) in [6.45, 7) is 0.328. The van der Waals surface area contributed by atoms with Crippen molar-refractivity contribution in [1.82, 2.24) is 9.97 Å². The third kappa shape index (κ3) is 6.83. The van der Waals surface area contributed by atoms with E-state index in [0.717, 1.165) is 27.7 Å². The van der Waals surface area contributed by atoms with Gasteiger partial charge in [-0.2, -0.15) is 0 Å². The lowest BCUT2D eigenvalue weighted by Gasteiger charge is -2.12. The first-order valence-electron chi connectivity index (χ1n) is 12.4. The summed E-state index contributed by atoms with van der Waals surface area (Å²) in [4.78, 5) is 37.3. The van der Waals surface area contributed by atoms with E-state index in [1.54, 1.807) is 48.9 Å². The lowest BCUT2D eigenvalue weighted by atomic mass is 10.1. The van der Waals surface area contributed by atoms with Gasteiger partial charge in [-0.1, -0.05) is 30.3 Å². The first-order valence-corrected chi connectivity index (χ1v) is 13.3. The van der Waals surface area contributed by atoms with Crippen LogP contribution in [0.1, 0.15) is 20.8 Å². The number of benzene rings is 2. The Morgan fingerprint density at radius 3 is 2.65 bits per heavy atom. The Morgan fingerprint density at radius 2 is 1.82 bits per heavy atom. The quantitative estimate of drug-likeness (QED) is 0.0859. The van der Waals surface area contributed by atoms with Gasteiger partial charge in [0, 0.05) is 46.8 Å². The highest BCUT2D eigenvalue weighted by Gasteiger charge is 2.15. The zero-order valence-electron chi connectivity index (χ0n) is 21.3. The van der Waals surface area contributed by atoms with Crippen molar-refractivity contribution in [3.63, 3.8) is 0 Å². The predicted octanol–water partition coefficient (Wildman–Crippen LogP) is 5.84. The van der Waals surface area contributed by atoms with Crippen LogP contribution >= 0.6 is 11.3 Å². The Balaban J connectivity index is 1.25. The van der Waals surface area contributed by atoms with E-state index in [0.29, 0.717) is 22.8 Å². The molecule has 0 saturated heterocycles. The van der Waals surface area contributed by atoms with E-state index in [9.17, 15) is 14.9 Å². The molecule has 0 saturated carbocycles. The fourth-order valence-electron chi connectivity index (χ4n) is 4.08. The maximum Gasteiger partial charge on any atom is 0.267 e. The van der Waals surface area contributed by atoms with Gasteiger partial charge < -0.3 is 16.0 Å². The molecule has 0 spiro atoms. The third-order valence-electron chi connectivity index (χ3n) is 5.94. The Bertz CT molecular complexity index is 1670. The summed E-state index contributed by atoms with van der Waals surface area (Å²) in [6, 6.07) is 22.4. The molecule has 10 nitrogen and oxygen atoms in total. The summed E-state index contributed by atoms with van der Waals surface area (Å²) in [5.74, 6) is -0.0595. The van der Waals surface area contributed by atoms with Crippen LogP contribution < -0.4 is 16.0 Å². The van der Waals surface area contributed by atoms with Gasteiger partial charge in [0.1, 0.15) is 4.88 Å². The number of rotatable bonds is 10. The Labute approximate surface area is 234 Å². The number of anilines is 3. The lowest BCUT2D eigenvalue weighted by molar-refractivity contribution is -0.463. The van der Waals surface area contributed by atoms with Crippen LogP contribution in [-0.2, 0) is 13.1 Å². The molecule has 0 bridgehead atoms. The first kappa shape index (κ1) is 26.4. The van der Waals surface area contributed by atoms with Crippen LogP contribution in [0.4, 0.5) is 17.1 Å². The van der Waals surface area contributed by atoms with Crippen LogP contribution in [0.2, 0.25) is 0 Å². The van der Waals surface area contributed by atoms with Crippen molar-refractivity contribution < 1.29 is 9.72 Å². The minimum absolute atomic E-state index is 0.200. The van der Waals surface area contributed by atoms with E-state index >= 15 is 0 Å². The predicted molar refractivity (Wildman–Crippen MR) is 159 cm³/mol. The molecule has 1 amide bonds. The number of hydrogen-bond acceptors (Lipinski definition) is 8. The van der Waals surface area contributed by atoms with Gasteiger partial charge in [0.25, 0.3) is 12.5 Å². The standard InChI is InChI=1S/C29H25N7O3S/c37-29(28-26(11-14-40-28)32-18-21-10-13-31-25-9-2-1-8-24(21)25)35-23-7-3-6-22(15-23)34-27(19-36(38)39)33-17-20-5-4-12-30-16-20/h1-16,32H,17-19H2,(H,33,34)(H,35,37). The molecular formula is C29H25N7O3S. The van der Waals surface area contributed by atoms with Crippen molar-refractivity contribution in [2.24, 2.45) is 4.99 Å². The number of nitrogens with one attached hydrogen (secondary N) is 3. The summed E-state index contributed by atoms with van der Waals surface area (Å²) < 4.78 is 0. The number of thiophene rings is 1. The third-order valence-corrected chi connectivity index (χ3v) is 6.86. The van der Waals surface area contributed by atoms with E-state index in [1.807, 2.05) is 47.8 Å². The van der Waals surface area contributed by atoms with E-state index < -0.39 is 11.5 Å². The second-order valence-electron chi connectivity index (χ2n) is 8.78. The number of hydrogen-bond donors (Lipinski definition) is 3. The topological polar surface area (TPSA) is 134 Å². The number of carbonyl (C=O) groups is 1. The average molecular weight is 552 g/mol. The van der Waals surface area contributed by atoms with Gasteiger partial charge in [-0.3, -0.25) is 29.9 Å². The zero-order valence-corrected chi connectivity index (χ0v) is 22.1. The van der Waals surface area contributed by atoms with Crippen LogP contribution in [0.25, 0.3) is 10.9 Å². The number of aromatic nitrogens is 2. The summed E-state index contributed by atoms with van der Waals surface area (Å²) in [7, 11) is 0. The molecule has 0 aliphatic carbocycles. The van der Waals surface area contributed by atoms with E-state index in [1.165, 1.54) is 11.3 Å². The highest BCUT2D eigenvalue weighted by molar-refractivity contribution is 7.12. The van der Waals surface area contributed by atoms with Crippen molar-refractivity contribution in [3.8, 4) is 0 Å². The highest BCUT2D eigenvalue weighted by Crippen LogP contribution is 2.26. The molecule has 0 unspecified atom stereocenters. The molecule has 200 valence electrons. The van der Waals surface area contributed by atoms with Gasteiger partial charge in [-0.05, 0) is 59.0 Å².